The summed E-state index contributed by atoms with van der Waals surface area (Å²) in [6.45, 7) is 1.76. The van der Waals surface area contributed by atoms with Gasteiger partial charge in [-0.15, -0.1) is 11.3 Å². The van der Waals surface area contributed by atoms with Crippen molar-refractivity contribution >= 4 is 40.6 Å². The van der Waals surface area contributed by atoms with Crippen LogP contribution in [-0.2, 0) is 16.0 Å². The van der Waals surface area contributed by atoms with Crippen molar-refractivity contribution in [1.29, 1.82) is 0 Å². The molecule has 0 fully saturated rings. The summed E-state index contributed by atoms with van der Waals surface area (Å²) >= 11 is 7.77. The summed E-state index contributed by atoms with van der Waals surface area (Å²) < 4.78 is 11.2. The van der Waals surface area contributed by atoms with Crippen molar-refractivity contribution in [3.8, 4) is 5.75 Å². The van der Waals surface area contributed by atoms with Crippen molar-refractivity contribution in [2.75, 3.05) is 45.3 Å². The topological polar surface area (TPSA) is 71.1 Å². The minimum atomic E-state index is -0.355. The van der Waals surface area contributed by atoms with Gasteiger partial charge in [0.25, 0.3) is 0 Å². The first-order chi connectivity index (χ1) is 17.5. The summed E-state index contributed by atoms with van der Waals surface area (Å²) in [5.74, 6) is 0.640. The van der Waals surface area contributed by atoms with Crippen LogP contribution in [0.25, 0.3) is 0 Å². The van der Waals surface area contributed by atoms with Crippen LogP contribution in [0.4, 0.5) is 10.5 Å². The number of rotatable bonds is 10. The molecule has 0 saturated heterocycles. The lowest BCUT2D eigenvalue weighted by Gasteiger charge is -2.37. The lowest BCUT2D eigenvalue weighted by Crippen LogP contribution is -2.49. The molecule has 3 amide bonds. The van der Waals surface area contributed by atoms with E-state index in [4.69, 9.17) is 21.1 Å². The van der Waals surface area contributed by atoms with Crippen molar-refractivity contribution in [3.05, 3.63) is 81.5 Å². The molecule has 1 aliphatic heterocycles. The van der Waals surface area contributed by atoms with Crippen LogP contribution in [0.5, 0.6) is 5.75 Å². The largest absolute Gasteiger partial charge is 0.491 e. The Labute approximate surface area is 220 Å². The molecule has 0 radical (unpaired) electrons. The maximum Gasteiger partial charge on any atom is 0.322 e. The van der Waals surface area contributed by atoms with E-state index in [0.29, 0.717) is 43.4 Å². The number of fused-ring (bicyclic) bond motifs is 1. The number of carbonyl (C=O) groups is 2. The van der Waals surface area contributed by atoms with Crippen LogP contribution in [-0.4, -0.2) is 61.7 Å². The minimum absolute atomic E-state index is 0.0442. The molecule has 1 atom stereocenters. The Kier molecular flexibility index (Phi) is 9.22. The molecule has 3 aromatic rings. The van der Waals surface area contributed by atoms with Crippen LogP contribution >= 0.6 is 22.9 Å². The van der Waals surface area contributed by atoms with Crippen LogP contribution < -0.4 is 10.1 Å². The average molecular weight is 528 g/mol. The molecule has 36 heavy (non-hydrogen) atoms. The van der Waals surface area contributed by atoms with Crippen molar-refractivity contribution < 1.29 is 19.1 Å². The lowest BCUT2D eigenvalue weighted by molar-refractivity contribution is -0.135. The van der Waals surface area contributed by atoms with Crippen LogP contribution in [0.2, 0.25) is 5.02 Å². The number of benzene rings is 2. The smallest absolute Gasteiger partial charge is 0.322 e. The van der Waals surface area contributed by atoms with Gasteiger partial charge in [0, 0.05) is 42.4 Å². The molecule has 190 valence electrons. The third-order valence-electron chi connectivity index (χ3n) is 6.03. The third kappa shape index (κ3) is 6.78. The summed E-state index contributed by atoms with van der Waals surface area (Å²) in [5, 5.41) is 5.44. The maximum absolute atomic E-state index is 13.6. The van der Waals surface area contributed by atoms with Gasteiger partial charge in [0.05, 0.1) is 6.04 Å². The molecule has 1 N–H and O–H groups in total. The fourth-order valence-electron chi connectivity index (χ4n) is 4.24. The first-order valence-corrected chi connectivity index (χ1v) is 13.1. The summed E-state index contributed by atoms with van der Waals surface area (Å²) in [6.07, 6.45) is 1.40. The monoisotopic (exact) mass is 527 g/mol. The highest BCUT2D eigenvalue weighted by molar-refractivity contribution is 7.10. The Morgan fingerprint density at radius 2 is 2.00 bits per heavy atom. The quantitative estimate of drug-likeness (QED) is 0.355. The highest BCUT2D eigenvalue weighted by atomic mass is 35.5. The van der Waals surface area contributed by atoms with E-state index >= 15 is 0 Å². The fraction of sp³-hybridized carbons (Fsp3) is 0.333. The number of nitrogens with one attached hydrogen (secondary N) is 1. The standard InChI is InChI=1S/C27H30ClN3O4S/c1-34-15-6-13-30(27(33)29-21-8-5-7-20(28)17-21)18-26(32)31-14-11-25-23(12-16-36-25)24(31)19-35-22-9-3-2-4-10-22/h2-5,7-10,12,16-17,24H,6,11,13-15,18-19H2,1H3,(H,29,33)/t24-/m1/s1. The molecule has 0 unspecified atom stereocenters. The predicted octanol–water partition coefficient (Wildman–Crippen LogP) is 5.48. The molecule has 0 spiro atoms. The summed E-state index contributed by atoms with van der Waals surface area (Å²) in [4.78, 5) is 31.4. The summed E-state index contributed by atoms with van der Waals surface area (Å²) in [7, 11) is 1.62. The minimum Gasteiger partial charge on any atom is -0.491 e. The number of ether oxygens (including phenoxy) is 2. The SMILES string of the molecule is COCCCN(CC(=O)N1CCc2sccc2[C@H]1COc1ccccc1)C(=O)Nc1cccc(Cl)c1. The molecular formula is C27H30ClN3O4S. The number of halogens is 1. The number of anilines is 1. The van der Waals surface area contributed by atoms with Gasteiger partial charge in [-0.3, -0.25) is 4.79 Å². The molecule has 2 heterocycles. The molecule has 0 bridgehead atoms. The average Bonchev–Trinajstić information content (AvgIpc) is 3.36. The summed E-state index contributed by atoms with van der Waals surface area (Å²) in [5.41, 5.74) is 1.69. The first kappa shape index (κ1) is 26.0. The van der Waals surface area contributed by atoms with Crippen molar-refractivity contribution in [2.45, 2.75) is 18.9 Å². The van der Waals surface area contributed by atoms with Gasteiger partial charge in [-0.05, 0) is 60.2 Å². The van der Waals surface area contributed by atoms with Gasteiger partial charge in [0.2, 0.25) is 5.91 Å². The van der Waals surface area contributed by atoms with Gasteiger partial charge in [-0.1, -0.05) is 35.9 Å². The number of hydrogen-bond acceptors (Lipinski definition) is 5. The summed E-state index contributed by atoms with van der Waals surface area (Å²) in [6, 6.07) is 18.0. The highest BCUT2D eigenvalue weighted by Gasteiger charge is 2.33. The molecule has 4 rings (SSSR count). The van der Waals surface area contributed by atoms with E-state index in [1.165, 1.54) is 9.78 Å². The second kappa shape index (κ2) is 12.8. The van der Waals surface area contributed by atoms with E-state index in [0.717, 1.165) is 17.7 Å². The van der Waals surface area contributed by atoms with Gasteiger partial charge < -0.3 is 24.6 Å². The molecule has 2 aromatic carbocycles. The zero-order valence-corrected chi connectivity index (χ0v) is 21.8. The van der Waals surface area contributed by atoms with Gasteiger partial charge in [-0.25, -0.2) is 4.79 Å². The van der Waals surface area contributed by atoms with Crippen molar-refractivity contribution in [3.63, 3.8) is 0 Å². The van der Waals surface area contributed by atoms with Gasteiger partial charge >= 0.3 is 6.03 Å². The zero-order valence-electron chi connectivity index (χ0n) is 20.2. The van der Waals surface area contributed by atoms with Crippen LogP contribution in [0.15, 0.2) is 66.0 Å². The van der Waals surface area contributed by atoms with Gasteiger partial charge in [0.15, 0.2) is 0 Å². The number of thiophene rings is 1. The molecule has 9 heteroatoms. The van der Waals surface area contributed by atoms with Gasteiger partial charge in [-0.2, -0.15) is 0 Å². The molecule has 7 nitrogen and oxygen atoms in total. The van der Waals surface area contributed by atoms with E-state index < -0.39 is 0 Å². The first-order valence-electron chi connectivity index (χ1n) is 11.9. The fourth-order valence-corrected chi connectivity index (χ4v) is 5.36. The lowest BCUT2D eigenvalue weighted by atomic mass is 10.0. The molecule has 0 aliphatic carbocycles. The van der Waals surface area contributed by atoms with Gasteiger partial charge in [0.1, 0.15) is 18.9 Å². The highest BCUT2D eigenvalue weighted by Crippen LogP contribution is 2.34. The van der Waals surface area contributed by atoms with Crippen LogP contribution in [0.3, 0.4) is 0 Å². The Hall–Kier alpha value is -3.07. The number of urea groups is 1. The number of methoxy groups -OCH3 is 1. The van der Waals surface area contributed by atoms with E-state index in [2.05, 4.69) is 16.8 Å². The van der Waals surface area contributed by atoms with E-state index in [1.54, 1.807) is 42.7 Å². The maximum atomic E-state index is 13.6. The zero-order chi connectivity index (χ0) is 25.3. The van der Waals surface area contributed by atoms with Crippen LogP contribution in [0, 0.1) is 0 Å². The van der Waals surface area contributed by atoms with Crippen molar-refractivity contribution in [2.24, 2.45) is 0 Å². The molecule has 1 aromatic heterocycles. The number of amides is 3. The molecule has 1 aliphatic rings. The Bertz CT molecular complexity index is 1160. The second-order valence-electron chi connectivity index (χ2n) is 8.48. The predicted molar refractivity (Wildman–Crippen MR) is 143 cm³/mol. The Morgan fingerprint density at radius 3 is 2.78 bits per heavy atom. The Balaban J connectivity index is 1.48. The number of hydrogen-bond donors (Lipinski definition) is 1. The second-order valence-corrected chi connectivity index (χ2v) is 9.92. The number of nitrogens with zero attached hydrogens (tertiary/aromatic N) is 2. The number of para-hydroxylation sites is 1. The molecule has 0 saturated carbocycles. The van der Waals surface area contributed by atoms with E-state index in [9.17, 15) is 9.59 Å². The van der Waals surface area contributed by atoms with E-state index in [1.807, 2.05) is 35.2 Å². The normalized spacial score (nSPS) is 14.7. The Morgan fingerprint density at radius 1 is 1.17 bits per heavy atom. The molecular weight excluding hydrogens is 498 g/mol. The van der Waals surface area contributed by atoms with Crippen LogP contribution in [0.1, 0.15) is 22.9 Å². The van der Waals surface area contributed by atoms with E-state index in [-0.39, 0.29) is 24.5 Å². The third-order valence-corrected chi connectivity index (χ3v) is 7.26. The van der Waals surface area contributed by atoms with Crippen molar-refractivity contribution in [1.82, 2.24) is 9.80 Å². The number of carbonyl (C=O) groups excluding carboxylic acids is 2.